The maximum Gasteiger partial charge on any atom is 0.137 e. The first-order valence-corrected chi connectivity index (χ1v) is 16.7. The minimum atomic E-state index is 0.671. The van der Waals surface area contributed by atoms with Gasteiger partial charge in [0, 0.05) is 48.1 Å². The number of nitrogens with zero attached hydrogens (tertiary/aromatic N) is 3. The van der Waals surface area contributed by atoms with Gasteiger partial charge in [0.05, 0.1) is 39.1 Å². The summed E-state index contributed by atoms with van der Waals surface area (Å²) in [5.41, 5.74) is 9.35. The Balaban J connectivity index is 1.26. The molecule has 0 N–H and O–H groups in total. The summed E-state index contributed by atoms with van der Waals surface area (Å²) in [7, 11) is 0. The van der Waals surface area contributed by atoms with Crippen LogP contribution in [-0.2, 0) is 0 Å². The third-order valence-electron chi connectivity index (χ3n) is 9.39. The fourth-order valence-corrected chi connectivity index (χ4v) is 8.20. The van der Waals surface area contributed by atoms with Gasteiger partial charge in [0.2, 0.25) is 0 Å². The van der Waals surface area contributed by atoms with Gasteiger partial charge < -0.3 is 13.6 Å². The zero-order chi connectivity index (χ0) is 31.8. The second-order valence-electron chi connectivity index (χ2n) is 12.0. The van der Waals surface area contributed by atoms with E-state index in [0.29, 0.717) is 5.56 Å². The number of nitriles is 1. The van der Waals surface area contributed by atoms with E-state index in [9.17, 15) is 0 Å². The molecule has 0 saturated heterocycles. The van der Waals surface area contributed by atoms with E-state index in [1.54, 1.807) is 11.8 Å². The van der Waals surface area contributed by atoms with Gasteiger partial charge in [-0.15, -0.1) is 0 Å². The minimum Gasteiger partial charge on any atom is -0.456 e. The molecule has 0 atom stereocenters. The van der Waals surface area contributed by atoms with Gasteiger partial charge in [-0.05, 0) is 97.1 Å². The molecule has 0 radical (unpaired) electrons. The highest BCUT2D eigenvalue weighted by atomic mass is 32.2. The highest BCUT2D eigenvalue weighted by molar-refractivity contribution is 7.99. The summed E-state index contributed by atoms with van der Waals surface area (Å²) in [6.07, 6.45) is 0. The topological polar surface area (TPSA) is 46.8 Å². The van der Waals surface area contributed by atoms with Crippen LogP contribution in [0.2, 0.25) is 0 Å². The van der Waals surface area contributed by atoms with Crippen LogP contribution < -0.4 is 0 Å². The molecule has 5 heteroatoms. The van der Waals surface area contributed by atoms with Gasteiger partial charge in [0.1, 0.15) is 11.2 Å². The van der Waals surface area contributed by atoms with Crippen molar-refractivity contribution in [2.75, 3.05) is 0 Å². The van der Waals surface area contributed by atoms with Crippen LogP contribution in [0.4, 0.5) is 0 Å². The van der Waals surface area contributed by atoms with Crippen molar-refractivity contribution in [3.05, 3.63) is 157 Å². The summed E-state index contributed by atoms with van der Waals surface area (Å²) >= 11 is 1.70. The Morgan fingerprint density at radius 2 is 1.08 bits per heavy atom. The van der Waals surface area contributed by atoms with E-state index in [0.717, 1.165) is 48.6 Å². The van der Waals surface area contributed by atoms with Crippen molar-refractivity contribution in [2.24, 2.45) is 0 Å². The van der Waals surface area contributed by atoms with Crippen LogP contribution >= 0.6 is 11.8 Å². The van der Waals surface area contributed by atoms with Crippen molar-refractivity contribution < 1.29 is 4.42 Å². The number of benzene rings is 7. The maximum atomic E-state index is 9.16. The first kappa shape index (κ1) is 26.9. The standard InChI is InChI=1S/C43H25N3OS/c44-26-27-14-18-30(19-15-27)48-31-20-16-29(17-21-31)45-35-12-6-4-10-32(35)40-36(45)23-24-37-41(40)34-22-25-39-42(33-11-5-7-13-38(33)47-39)43(34)46(37)28-8-2-1-3-9-28/h1-25H. The van der Waals surface area contributed by atoms with Crippen LogP contribution in [0.25, 0.3) is 76.9 Å². The highest BCUT2D eigenvalue weighted by Crippen LogP contribution is 2.45. The number of furan rings is 1. The fourth-order valence-electron chi connectivity index (χ4n) is 7.38. The number of hydrogen-bond donors (Lipinski definition) is 0. The van der Waals surface area contributed by atoms with E-state index < -0.39 is 0 Å². The van der Waals surface area contributed by atoms with Crippen LogP contribution in [0.5, 0.6) is 0 Å². The second-order valence-corrected chi connectivity index (χ2v) is 13.2. The molecule has 10 rings (SSSR count). The van der Waals surface area contributed by atoms with E-state index in [4.69, 9.17) is 9.68 Å². The molecule has 48 heavy (non-hydrogen) atoms. The highest BCUT2D eigenvalue weighted by Gasteiger charge is 2.23. The molecule has 7 aromatic carbocycles. The maximum absolute atomic E-state index is 9.16. The zero-order valence-electron chi connectivity index (χ0n) is 25.6. The van der Waals surface area contributed by atoms with Crippen molar-refractivity contribution in [1.82, 2.24) is 9.13 Å². The number of para-hydroxylation sites is 3. The normalized spacial score (nSPS) is 11.8. The average Bonchev–Trinajstić information content (AvgIpc) is 3.80. The molecule has 0 spiro atoms. The van der Waals surface area contributed by atoms with E-state index in [1.807, 2.05) is 30.3 Å². The Labute approximate surface area is 279 Å². The summed E-state index contributed by atoms with van der Waals surface area (Å²) in [6.45, 7) is 0. The number of rotatable bonds is 4. The molecule has 4 nitrogen and oxygen atoms in total. The molecule has 3 aromatic heterocycles. The molecule has 224 valence electrons. The summed E-state index contributed by atoms with van der Waals surface area (Å²) in [5, 5.41) is 16.3. The Hall–Kier alpha value is -6.22. The van der Waals surface area contributed by atoms with Gasteiger partial charge in [-0.2, -0.15) is 5.26 Å². The molecule has 10 aromatic rings. The molecule has 0 aliphatic heterocycles. The lowest BCUT2D eigenvalue weighted by Gasteiger charge is -2.10. The van der Waals surface area contributed by atoms with E-state index >= 15 is 0 Å². The van der Waals surface area contributed by atoms with E-state index in [1.165, 1.54) is 38.1 Å². The third kappa shape index (κ3) is 3.90. The summed E-state index contributed by atoms with van der Waals surface area (Å²) in [5.74, 6) is 0. The molecule has 0 fully saturated rings. The first-order valence-electron chi connectivity index (χ1n) is 15.9. The molecule has 0 unspecified atom stereocenters. The predicted octanol–water partition coefficient (Wildman–Crippen LogP) is 11.8. The van der Waals surface area contributed by atoms with E-state index in [-0.39, 0.29) is 0 Å². The lowest BCUT2D eigenvalue weighted by atomic mass is 10.0. The molecule has 0 bridgehead atoms. The molecule has 0 aliphatic carbocycles. The van der Waals surface area contributed by atoms with Crippen LogP contribution in [0.15, 0.2) is 166 Å². The van der Waals surface area contributed by atoms with Crippen LogP contribution in [0.3, 0.4) is 0 Å². The number of aromatic nitrogens is 2. The van der Waals surface area contributed by atoms with Crippen molar-refractivity contribution in [2.45, 2.75) is 9.79 Å². The van der Waals surface area contributed by atoms with Gasteiger partial charge in [0.15, 0.2) is 0 Å². The van der Waals surface area contributed by atoms with Gasteiger partial charge in [-0.25, -0.2) is 0 Å². The molecule has 3 heterocycles. The van der Waals surface area contributed by atoms with Gasteiger partial charge >= 0.3 is 0 Å². The van der Waals surface area contributed by atoms with Crippen molar-refractivity contribution in [3.8, 4) is 17.4 Å². The molecular formula is C43H25N3OS. The van der Waals surface area contributed by atoms with Crippen LogP contribution in [0.1, 0.15) is 5.56 Å². The lowest BCUT2D eigenvalue weighted by Crippen LogP contribution is -1.95. The largest absolute Gasteiger partial charge is 0.456 e. The monoisotopic (exact) mass is 631 g/mol. The molecule has 0 aliphatic rings. The average molecular weight is 632 g/mol. The smallest absolute Gasteiger partial charge is 0.137 e. The summed E-state index contributed by atoms with van der Waals surface area (Å²) in [4.78, 5) is 2.25. The quantitative estimate of drug-likeness (QED) is 0.194. The van der Waals surface area contributed by atoms with E-state index in [2.05, 4.69) is 137 Å². The molecule has 0 amide bonds. The lowest BCUT2D eigenvalue weighted by molar-refractivity contribution is 0.669. The summed E-state index contributed by atoms with van der Waals surface area (Å²) in [6, 6.07) is 55.4. The molecule has 0 saturated carbocycles. The Kier molecular flexibility index (Phi) is 5.84. The van der Waals surface area contributed by atoms with Gasteiger partial charge in [-0.1, -0.05) is 66.4 Å². The zero-order valence-corrected chi connectivity index (χ0v) is 26.4. The van der Waals surface area contributed by atoms with Crippen molar-refractivity contribution in [1.29, 1.82) is 5.26 Å². The van der Waals surface area contributed by atoms with Crippen LogP contribution in [-0.4, -0.2) is 9.13 Å². The number of fused-ring (bicyclic) bond motifs is 11. The Bertz CT molecular complexity index is 2910. The first-order chi connectivity index (χ1) is 23.8. The predicted molar refractivity (Wildman–Crippen MR) is 198 cm³/mol. The second kappa shape index (κ2) is 10.4. The SMILES string of the molecule is N#Cc1ccc(Sc2ccc(-n3c4ccccc4c4c5c6ccc7oc8ccccc8c7c6n(-c6ccccc6)c5ccc43)cc2)cc1. The van der Waals surface area contributed by atoms with Gasteiger partial charge in [0.25, 0.3) is 0 Å². The fraction of sp³-hybridized carbons (Fsp3) is 0. The van der Waals surface area contributed by atoms with Gasteiger partial charge in [-0.3, -0.25) is 0 Å². The summed E-state index contributed by atoms with van der Waals surface area (Å²) < 4.78 is 11.2. The van der Waals surface area contributed by atoms with Crippen molar-refractivity contribution >= 4 is 77.3 Å². The third-order valence-corrected chi connectivity index (χ3v) is 10.4. The number of hydrogen-bond acceptors (Lipinski definition) is 3. The Morgan fingerprint density at radius 1 is 0.458 bits per heavy atom. The molecular weight excluding hydrogens is 607 g/mol. The van der Waals surface area contributed by atoms with Crippen LogP contribution in [0, 0.1) is 11.3 Å². The van der Waals surface area contributed by atoms with Crippen molar-refractivity contribution in [3.63, 3.8) is 0 Å². The Morgan fingerprint density at radius 3 is 1.85 bits per heavy atom. The minimum absolute atomic E-state index is 0.671.